The van der Waals surface area contributed by atoms with Crippen LogP contribution in [0.2, 0.25) is 5.02 Å². The van der Waals surface area contributed by atoms with E-state index in [-0.39, 0.29) is 11.1 Å². The summed E-state index contributed by atoms with van der Waals surface area (Å²) in [6.07, 6.45) is 1.94. The van der Waals surface area contributed by atoms with Crippen molar-refractivity contribution in [2.45, 2.75) is 19.9 Å². The number of aromatic nitrogens is 3. The first kappa shape index (κ1) is 25.1. The molecule has 1 aliphatic rings. The highest BCUT2D eigenvalue weighted by atomic mass is 35.5. The van der Waals surface area contributed by atoms with Gasteiger partial charge >= 0.3 is 0 Å². The lowest BCUT2D eigenvalue weighted by Gasteiger charge is -2.29. The Balaban J connectivity index is 1.52. The van der Waals surface area contributed by atoms with Crippen molar-refractivity contribution in [1.82, 2.24) is 19.1 Å². The lowest BCUT2D eigenvalue weighted by molar-refractivity contribution is 0.403. The summed E-state index contributed by atoms with van der Waals surface area (Å²) in [6.45, 7) is 2.62. The molecule has 1 aliphatic heterocycles. The molecule has 4 aromatic rings. The first-order valence-corrected chi connectivity index (χ1v) is 12.9. The zero-order valence-corrected chi connectivity index (χ0v) is 21.6. The third-order valence-corrected chi connectivity index (χ3v) is 7.65. The molecule has 0 bridgehead atoms. The fourth-order valence-corrected chi connectivity index (χ4v) is 5.53. The average molecular weight is 540 g/mol. The minimum atomic E-state index is -1.56. The number of benzene rings is 2. The normalized spacial score (nSPS) is 14.2. The fraction of sp³-hybridized carbons (Fsp3) is 0.192. The second-order valence-corrected chi connectivity index (χ2v) is 10.2. The number of aryl methyl sites for hydroxylation is 1. The lowest BCUT2D eigenvalue weighted by atomic mass is 10.0. The minimum Gasteiger partial charge on any atom is -0.495 e. The van der Waals surface area contributed by atoms with Crippen LogP contribution in [0.15, 0.2) is 65.6 Å². The Hall–Kier alpha value is -3.60. The van der Waals surface area contributed by atoms with Gasteiger partial charge in [0.15, 0.2) is 17.0 Å². The number of rotatable bonds is 6. The third kappa shape index (κ3) is 5.00. The number of nitrogens with zero attached hydrogens (tertiary/aromatic N) is 4. The van der Waals surface area contributed by atoms with Crippen molar-refractivity contribution in [2.75, 3.05) is 18.4 Å². The van der Waals surface area contributed by atoms with Gasteiger partial charge in [0.1, 0.15) is 11.6 Å². The van der Waals surface area contributed by atoms with E-state index in [2.05, 4.69) is 14.9 Å². The van der Waals surface area contributed by atoms with E-state index in [4.69, 9.17) is 16.3 Å². The zero-order chi connectivity index (χ0) is 26.1. The van der Waals surface area contributed by atoms with Crippen LogP contribution < -0.4 is 15.0 Å². The lowest BCUT2D eigenvalue weighted by Crippen LogP contribution is -2.38. The molecule has 2 aromatic heterocycles. The summed E-state index contributed by atoms with van der Waals surface area (Å²) in [5.74, 6) is 0.199. The zero-order valence-electron chi connectivity index (χ0n) is 20.1. The van der Waals surface area contributed by atoms with E-state index >= 15 is 4.39 Å². The van der Waals surface area contributed by atoms with Gasteiger partial charge in [0.05, 0.1) is 12.8 Å². The van der Waals surface area contributed by atoms with E-state index in [0.717, 1.165) is 11.1 Å². The van der Waals surface area contributed by atoms with Crippen LogP contribution in [0.1, 0.15) is 16.8 Å². The maximum atomic E-state index is 15.5. The summed E-state index contributed by atoms with van der Waals surface area (Å²) in [4.78, 5) is 13.0. The summed E-state index contributed by atoms with van der Waals surface area (Å²) in [5, 5.41) is 8.10. The van der Waals surface area contributed by atoms with Gasteiger partial charge < -0.3 is 4.74 Å². The highest BCUT2D eigenvalue weighted by Crippen LogP contribution is 2.37. The van der Waals surface area contributed by atoms with Crippen LogP contribution in [-0.2, 0) is 24.1 Å². The largest absolute Gasteiger partial charge is 0.495 e. The van der Waals surface area contributed by atoms with E-state index in [0.29, 0.717) is 53.0 Å². The monoisotopic (exact) mass is 539 g/mol. The van der Waals surface area contributed by atoms with E-state index in [1.807, 2.05) is 13.0 Å². The smallest absolute Gasteiger partial charge is 0.255 e. The predicted molar refractivity (Wildman–Crippen MR) is 142 cm³/mol. The topological polar surface area (TPSA) is 89.4 Å². The van der Waals surface area contributed by atoms with Crippen molar-refractivity contribution < 1.29 is 13.3 Å². The molecule has 0 amide bonds. The first-order chi connectivity index (χ1) is 17.9. The third-order valence-electron chi connectivity index (χ3n) is 6.15. The Morgan fingerprint density at radius 1 is 1.14 bits per heavy atom. The van der Waals surface area contributed by atoms with Gasteiger partial charge in [-0.2, -0.15) is 5.10 Å². The molecule has 8 nitrogen and oxygen atoms in total. The summed E-state index contributed by atoms with van der Waals surface area (Å²) < 4.78 is 40.0. The molecule has 0 spiro atoms. The first-order valence-electron chi connectivity index (χ1n) is 11.4. The second-order valence-electron chi connectivity index (χ2n) is 8.54. The number of halogens is 2. The van der Waals surface area contributed by atoms with Crippen molar-refractivity contribution in [1.29, 1.82) is 0 Å². The van der Waals surface area contributed by atoms with Crippen LogP contribution in [-0.4, -0.2) is 36.9 Å². The van der Waals surface area contributed by atoms with Crippen LogP contribution in [0.4, 0.5) is 10.2 Å². The molecule has 1 unspecified atom stereocenters. The highest BCUT2D eigenvalue weighted by molar-refractivity contribution is 7.84. The van der Waals surface area contributed by atoms with Crippen molar-refractivity contribution >= 4 is 28.6 Å². The molecule has 5 rings (SSSR count). The van der Waals surface area contributed by atoms with E-state index < -0.39 is 17.0 Å². The van der Waals surface area contributed by atoms with Crippen LogP contribution >= 0.6 is 11.6 Å². The Labute approximate surface area is 220 Å². The van der Waals surface area contributed by atoms with Gasteiger partial charge in [-0.3, -0.25) is 14.1 Å². The number of hydrogen-bond donors (Lipinski definition) is 1. The molecule has 1 atom stereocenters. The Morgan fingerprint density at radius 2 is 1.97 bits per heavy atom. The Bertz CT molecular complexity index is 1560. The molecule has 190 valence electrons. The molecule has 1 N–H and O–H groups in total. The molecule has 3 heterocycles. The quantitative estimate of drug-likeness (QED) is 0.391. The van der Waals surface area contributed by atoms with Crippen molar-refractivity contribution in [2.24, 2.45) is 0 Å². The van der Waals surface area contributed by atoms with Gasteiger partial charge in [-0.1, -0.05) is 29.3 Å². The maximum absolute atomic E-state index is 15.5. The molecular weight excluding hydrogens is 517 g/mol. The summed E-state index contributed by atoms with van der Waals surface area (Å²) in [6, 6.07) is 14.7. The number of hydrogen-bond acceptors (Lipinski definition) is 5. The van der Waals surface area contributed by atoms with Gasteiger partial charge in [-0.15, -0.1) is 5.10 Å². The molecular formula is C26H23ClFN5O3S. The molecule has 0 saturated carbocycles. The van der Waals surface area contributed by atoms with Gasteiger partial charge in [0.25, 0.3) is 5.56 Å². The molecule has 0 fully saturated rings. The van der Waals surface area contributed by atoms with Crippen molar-refractivity contribution in [3.8, 4) is 22.6 Å². The van der Waals surface area contributed by atoms with Crippen LogP contribution in [0.5, 0.6) is 5.75 Å². The Morgan fingerprint density at radius 3 is 2.73 bits per heavy atom. The van der Waals surface area contributed by atoms with Crippen LogP contribution in [0.25, 0.3) is 16.8 Å². The minimum absolute atomic E-state index is 0.281. The van der Waals surface area contributed by atoms with Crippen LogP contribution in [0, 0.1) is 12.7 Å². The molecule has 0 aliphatic carbocycles. The van der Waals surface area contributed by atoms with Gasteiger partial charge in [-0.05, 0) is 42.8 Å². The number of fused-ring (bicyclic) bond motifs is 1. The second kappa shape index (κ2) is 10.4. The molecule has 0 radical (unpaired) electrons. The van der Waals surface area contributed by atoms with Crippen molar-refractivity contribution in [3.05, 3.63) is 98.8 Å². The number of ether oxygens (including phenoxy) is 1. The molecule has 2 aromatic carbocycles. The van der Waals surface area contributed by atoms with Gasteiger partial charge in [0, 0.05) is 59.7 Å². The fourth-order valence-electron chi connectivity index (χ4n) is 4.38. The highest BCUT2D eigenvalue weighted by Gasteiger charge is 2.26. The molecule has 11 heteroatoms. The Kier molecular flexibility index (Phi) is 7.05. The number of methoxy groups -OCH3 is 1. The number of pyridine rings is 1. The number of nitrogens with one attached hydrogen (secondary N) is 1. The summed E-state index contributed by atoms with van der Waals surface area (Å²) in [7, 11) is 1.47. The predicted octanol–water partition coefficient (Wildman–Crippen LogP) is 4.45. The number of anilines is 1. The van der Waals surface area contributed by atoms with Gasteiger partial charge in [-0.25, -0.2) is 12.9 Å². The van der Waals surface area contributed by atoms with E-state index in [1.54, 1.807) is 40.7 Å². The molecule has 0 saturated heterocycles. The summed E-state index contributed by atoms with van der Waals surface area (Å²) >= 11 is 4.80. The van der Waals surface area contributed by atoms with E-state index in [9.17, 15) is 9.00 Å². The molecule has 37 heavy (non-hydrogen) atoms. The SMILES string of the molecule is COc1cc(-c2cc(C)ccc2Cl)c(F)cc1-n1c2c(ccc1=O)CN(S(=O)Nc1cccnn1)CC2. The van der Waals surface area contributed by atoms with Crippen molar-refractivity contribution in [3.63, 3.8) is 0 Å². The van der Waals surface area contributed by atoms with Crippen LogP contribution in [0.3, 0.4) is 0 Å². The maximum Gasteiger partial charge on any atom is 0.255 e. The summed E-state index contributed by atoms with van der Waals surface area (Å²) in [5.41, 5.74) is 3.24. The van der Waals surface area contributed by atoms with Gasteiger partial charge in [0.2, 0.25) is 0 Å². The standard InChI is InChI=1S/C26H23ClFN5O3S/c1-16-5-7-20(27)18(12-16)19-13-24(36-2)23(14-21(19)28)33-22-9-11-32(15-17(22)6-8-26(33)34)37(35)31-25-4-3-10-29-30-25/h3-8,10,12-14H,9,11,15H2,1-2H3,(H,30,31). The average Bonchev–Trinajstić information content (AvgIpc) is 2.90. The van der Waals surface area contributed by atoms with E-state index in [1.165, 1.54) is 30.0 Å².